The fraction of sp³-hybridized carbons (Fsp3) is 0.889. The fourth-order valence-electron chi connectivity index (χ4n) is 1.81. The molecule has 10 nitrogen and oxygen atoms in total. The lowest BCUT2D eigenvalue weighted by Crippen LogP contribution is -2.60. The van der Waals surface area contributed by atoms with E-state index in [9.17, 15) is 19.6 Å². The Balaban J connectivity index is 2.88. The van der Waals surface area contributed by atoms with E-state index in [0.29, 0.717) is 0 Å². The fourth-order valence-corrected chi connectivity index (χ4v) is 2.15. The minimum Gasteiger partial charge on any atom is -0.465 e. The molecule has 1 aliphatic heterocycles. The van der Waals surface area contributed by atoms with Crippen LogP contribution in [0.15, 0.2) is 0 Å². The maximum absolute atomic E-state index is 11.7. The topological polar surface area (TPSA) is 152 Å². The maximum Gasteiger partial charge on any atom is 0.469 e. The molecule has 0 radical (unpaired) electrons. The average Bonchev–Trinajstić information content (AvgIpc) is 2.38. The van der Waals surface area contributed by atoms with Gasteiger partial charge in [0.1, 0.15) is 12.2 Å². The summed E-state index contributed by atoms with van der Waals surface area (Å²) in [5.41, 5.74) is 0. The van der Waals surface area contributed by atoms with Gasteiger partial charge in [0.25, 0.3) is 5.79 Å². The molecular weight excluding hydrogens is 299 g/mol. The van der Waals surface area contributed by atoms with Crippen molar-refractivity contribution >= 4 is 13.8 Å². The molecule has 0 amide bonds. The van der Waals surface area contributed by atoms with E-state index in [4.69, 9.17) is 19.3 Å². The Bertz CT molecular complexity index is 394. The van der Waals surface area contributed by atoms with Crippen LogP contribution in [0.1, 0.15) is 6.42 Å². The number of aliphatic hydroxyl groups is 2. The number of phosphoric acid groups is 1. The molecular formula is C9H17O10P. The van der Waals surface area contributed by atoms with Gasteiger partial charge in [0.15, 0.2) is 0 Å². The quantitative estimate of drug-likeness (QED) is 0.335. The Morgan fingerprint density at radius 3 is 2.45 bits per heavy atom. The second kappa shape index (κ2) is 6.46. The van der Waals surface area contributed by atoms with Gasteiger partial charge in [0.2, 0.25) is 0 Å². The number of esters is 1. The van der Waals surface area contributed by atoms with Gasteiger partial charge >= 0.3 is 13.8 Å². The van der Waals surface area contributed by atoms with E-state index in [1.54, 1.807) is 0 Å². The summed E-state index contributed by atoms with van der Waals surface area (Å²) in [7, 11) is -2.59. The van der Waals surface area contributed by atoms with Gasteiger partial charge in [0, 0.05) is 13.5 Å². The van der Waals surface area contributed by atoms with Crippen molar-refractivity contribution in [1.29, 1.82) is 0 Å². The number of carbonyl (C=O) groups is 1. The zero-order chi connectivity index (χ0) is 15.6. The van der Waals surface area contributed by atoms with Crippen LogP contribution in [0.25, 0.3) is 0 Å². The molecule has 0 saturated carbocycles. The molecule has 1 rings (SSSR count). The highest BCUT2D eigenvalue weighted by molar-refractivity contribution is 7.46. The van der Waals surface area contributed by atoms with E-state index in [1.165, 1.54) is 0 Å². The zero-order valence-corrected chi connectivity index (χ0v) is 11.7. The van der Waals surface area contributed by atoms with E-state index >= 15 is 0 Å². The molecule has 0 aromatic rings. The van der Waals surface area contributed by atoms with Crippen LogP contribution < -0.4 is 0 Å². The first-order valence-electron chi connectivity index (χ1n) is 5.53. The van der Waals surface area contributed by atoms with E-state index < -0.39 is 50.9 Å². The molecule has 1 heterocycles. The van der Waals surface area contributed by atoms with Gasteiger partial charge in [-0.05, 0) is 0 Å². The van der Waals surface area contributed by atoms with Gasteiger partial charge in [-0.2, -0.15) is 0 Å². The van der Waals surface area contributed by atoms with E-state index in [1.807, 2.05) is 0 Å². The van der Waals surface area contributed by atoms with E-state index in [-0.39, 0.29) is 0 Å². The summed E-state index contributed by atoms with van der Waals surface area (Å²) >= 11 is 0. The molecule has 4 N–H and O–H groups in total. The molecule has 2 unspecified atom stereocenters. The van der Waals surface area contributed by atoms with Crippen LogP contribution in [0.4, 0.5) is 0 Å². The third-order valence-electron chi connectivity index (χ3n) is 2.83. The predicted octanol–water partition coefficient (Wildman–Crippen LogP) is -1.88. The van der Waals surface area contributed by atoms with Crippen LogP contribution >= 0.6 is 7.82 Å². The number of phosphoric ester groups is 1. The first-order valence-corrected chi connectivity index (χ1v) is 7.06. The SMILES string of the molecule is COC(=O)[C@@]1(OC)CC(O)[C@H](O)C(COP(=O)(O)O)O1. The summed E-state index contributed by atoms with van der Waals surface area (Å²) in [6.45, 7) is -0.745. The molecule has 1 aliphatic rings. The Hall–Kier alpha value is -0.580. The molecule has 20 heavy (non-hydrogen) atoms. The monoisotopic (exact) mass is 316 g/mol. The van der Waals surface area contributed by atoms with Gasteiger partial charge in [-0.25, -0.2) is 9.36 Å². The van der Waals surface area contributed by atoms with E-state index in [0.717, 1.165) is 14.2 Å². The summed E-state index contributed by atoms with van der Waals surface area (Å²) in [5, 5.41) is 19.4. The standard InChI is InChI=1S/C9H17O10P/c1-16-8(12)9(17-2)3-5(10)7(11)6(19-9)4-18-20(13,14)15/h5-7,10-11H,3-4H2,1-2H3,(H2,13,14,15)/t5?,6?,7-,9+/m0/s1. The zero-order valence-electron chi connectivity index (χ0n) is 10.8. The molecule has 0 aromatic heterocycles. The van der Waals surface area contributed by atoms with Crippen molar-refractivity contribution < 1.29 is 48.1 Å². The Labute approximate surface area is 114 Å². The minimum absolute atomic E-state index is 0.399. The normalized spacial score (nSPS) is 34.8. The van der Waals surface area contributed by atoms with Gasteiger partial charge in [-0.1, -0.05) is 0 Å². The molecule has 1 saturated heterocycles. The van der Waals surface area contributed by atoms with Crippen LogP contribution in [0.2, 0.25) is 0 Å². The summed E-state index contributed by atoms with van der Waals surface area (Å²) in [6, 6.07) is 0. The number of ether oxygens (including phenoxy) is 3. The van der Waals surface area contributed by atoms with Gasteiger partial charge in [0.05, 0.1) is 19.8 Å². The highest BCUT2D eigenvalue weighted by atomic mass is 31.2. The first-order chi connectivity index (χ1) is 9.15. The summed E-state index contributed by atoms with van der Waals surface area (Å²) < 4.78 is 29.4. The third kappa shape index (κ3) is 3.96. The summed E-state index contributed by atoms with van der Waals surface area (Å²) in [4.78, 5) is 28.9. The van der Waals surface area contributed by atoms with Crippen LogP contribution in [-0.4, -0.2) is 70.9 Å². The largest absolute Gasteiger partial charge is 0.469 e. The predicted molar refractivity (Wildman–Crippen MR) is 61.3 cm³/mol. The molecule has 118 valence electrons. The molecule has 0 aromatic carbocycles. The van der Waals surface area contributed by atoms with Gasteiger partial charge in [-0.15, -0.1) is 0 Å². The molecule has 11 heteroatoms. The first kappa shape index (κ1) is 17.5. The lowest BCUT2D eigenvalue weighted by molar-refractivity contribution is -0.307. The smallest absolute Gasteiger partial charge is 0.465 e. The lowest BCUT2D eigenvalue weighted by Gasteiger charge is -2.42. The van der Waals surface area contributed by atoms with Crippen molar-refractivity contribution in [2.24, 2.45) is 0 Å². The number of carbonyl (C=O) groups excluding carboxylic acids is 1. The Kier molecular flexibility index (Phi) is 5.64. The number of methoxy groups -OCH3 is 2. The third-order valence-corrected chi connectivity index (χ3v) is 3.31. The second-order valence-electron chi connectivity index (χ2n) is 4.15. The number of hydrogen-bond donors (Lipinski definition) is 4. The van der Waals surface area contributed by atoms with Crippen LogP contribution in [0.3, 0.4) is 0 Å². The van der Waals surface area contributed by atoms with Crippen LogP contribution in [0, 0.1) is 0 Å². The van der Waals surface area contributed by atoms with Crippen molar-refractivity contribution in [1.82, 2.24) is 0 Å². The number of rotatable bonds is 5. The lowest BCUT2D eigenvalue weighted by atomic mass is 9.95. The Morgan fingerprint density at radius 1 is 1.40 bits per heavy atom. The molecule has 1 fully saturated rings. The summed E-state index contributed by atoms with van der Waals surface area (Å²) in [5.74, 6) is -2.93. The highest BCUT2D eigenvalue weighted by Gasteiger charge is 2.53. The Morgan fingerprint density at radius 2 is 2.00 bits per heavy atom. The maximum atomic E-state index is 11.7. The average molecular weight is 316 g/mol. The van der Waals surface area contributed by atoms with E-state index in [2.05, 4.69) is 9.26 Å². The molecule has 4 atom stereocenters. The molecule has 0 aliphatic carbocycles. The minimum atomic E-state index is -4.79. The summed E-state index contributed by atoms with van der Waals surface area (Å²) in [6.07, 6.45) is -4.71. The number of aliphatic hydroxyl groups excluding tert-OH is 2. The number of hydrogen-bond acceptors (Lipinski definition) is 8. The van der Waals surface area contributed by atoms with Crippen molar-refractivity contribution in [3.63, 3.8) is 0 Å². The van der Waals surface area contributed by atoms with Crippen molar-refractivity contribution in [3.05, 3.63) is 0 Å². The van der Waals surface area contributed by atoms with Crippen molar-refractivity contribution in [2.75, 3.05) is 20.8 Å². The van der Waals surface area contributed by atoms with Crippen molar-refractivity contribution in [3.8, 4) is 0 Å². The van der Waals surface area contributed by atoms with Crippen LogP contribution in [0.5, 0.6) is 0 Å². The van der Waals surface area contributed by atoms with Crippen LogP contribution in [-0.2, 0) is 28.1 Å². The molecule has 0 spiro atoms. The van der Waals surface area contributed by atoms with Crippen molar-refractivity contribution in [2.45, 2.75) is 30.5 Å². The highest BCUT2D eigenvalue weighted by Crippen LogP contribution is 2.38. The van der Waals surface area contributed by atoms with Gasteiger partial charge < -0.3 is 34.2 Å². The molecule has 0 bridgehead atoms. The second-order valence-corrected chi connectivity index (χ2v) is 5.39. The van der Waals surface area contributed by atoms with Gasteiger partial charge in [-0.3, -0.25) is 4.52 Å².